The first-order valence-electron chi connectivity index (χ1n) is 9.55. The first-order chi connectivity index (χ1) is 12.1. The highest BCUT2D eigenvalue weighted by Crippen LogP contribution is 2.41. The van der Waals surface area contributed by atoms with Crippen LogP contribution in [-0.2, 0) is 6.61 Å². The standard InChI is InChI=1S/C22H28BNO/c1-22(23)14-6-5-11-19(12-7-15-22)20-13-8-16-24-21(20)25-17-18-9-3-2-4-10-18/h2-4,8-10,13,16,19H,5-7,11-12,14-15,17H2,1H3. The Morgan fingerprint density at radius 2 is 1.80 bits per heavy atom. The van der Waals surface area contributed by atoms with Gasteiger partial charge in [0.2, 0.25) is 5.88 Å². The number of pyridine rings is 1. The second-order valence-corrected chi connectivity index (χ2v) is 7.66. The van der Waals surface area contributed by atoms with Crippen molar-refractivity contribution in [2.24, 2.45) is 0 Å². The third-order valence-corrected chi connectivity index (χ3v) is 5.31. The van der Waals surface area contributed by atoms with Crippen molar-refractivity contribution in [1.29, 1.82) is 0 Å². The van der Waals surface area contributed by atoms with Gasteiger partial charge in [0.05, 0.1) is 7.85 Å². The maximum atomic E-state index is 6.41. The van der Waals surface area contributed by atoms with E-state index in [1.165, 1.54) is 43.2 Å². The van der Waals surface area contributed by atoms with E-state index in [-0.39, 0.29) is 5.31 Å². The number of ether oxygens (including phenoxy) is 1. The van der Waals surface area contributed by atoms with Gasteiger partial charge in [0.15, 0.2) is 0 Å². The average Bonchev–Trinajstić information content (AvgIpc) is 2.71. The van der Waals surface area contributed by atoms with E-state index < -0.39 is 0 Å². The third kappa shape index (κ3) is 5.35. The van der Waals surface area contributed by atoms with Crippen LogP contribution < -0.4 is 4.74 Å². The highest BCUT2D eigenvalue weighted by atomic mass is 16.5. The molecule has 0 bridgehead atoms. The lowest BCUT2D eigenvalue weighted by molar-refractivity contribution is 0.286. The van der Waals surface area contributed by atoms with E-state index in [4.69, 9.17) is 12.6 Å². The molecule has 0 aliphatic heterocycles. The van der Waals surface area contributed by atoms with E-state index in [0.717, 1.165) is 18.7 Å². The van der Waals surface area contributed by atoms with Crippen molar-refractivity contribution in [3.8, 4) is 5.88 Å². The molecular weight excluding hydrogens is 305 g/mol. The van der Waals surface area contributed by atoms with Crippen molar-refractivity contribution < 1.29 is 4.74 Å². The Bertz CT molecular complexity index is 656. The normalized spacial score (nSPS) is 24.8. The van der Waals surface area contributed by atoms with Crippen molar-refractivity contribution in [3.05, 3.63) is 59.8 Å². The van der Waals surface area contributed by atoms with Crippen molar-refractivity contribution in [2.45, 2.75) is 69.7 Å². The average molecular weight is 333 g/mol. The molecule has 2 nitrogen and oxygen atoms in total. The summed E-state index contributed by atoms with van der Waals surface area (Å²) in [5.41, 5.74) is 2.44. The second kappa shape index (κ2) is 8.55. The highest BCUT2D eigenvalue weighted by Gasteiger charge is 2.23. The van der Waals surface area contributed by atoms with Gasteiger partial charge in [-0.05, 0) is 30.4 Å². The fourth-order valence-corrected chi connectivity index (χ4v) is 3.81. The third-order valence-electron chi connectivity index (χ3n) is 5.31. The molecule has 2 aromatic rings. The molecule has 1 aliphatic carbocycles. The Balaban J connectivity index is 1.70. The monoisotopic (exact) mass is 333 g/mol. The Hall–Kier alpha value is -1.77. The summed E-state index contributed by atoms with van der Waals surface area (Å²) in [6, 6.07) is 14.5. The molecule has 1 aliphatic rings. The van der Waals surface area contributed by atoms with Crippen LogP contribution in [0, 0.1) is 0 Å². The van der Waals surface area contributed by atoms with E-state index in [0.29, 0.717) is 12.5 Å². The molecule has 2 radical (unpaired) electrons. The number of hydrogen-bond acceptors (Lipinski definition) is 2. The van der Waals surface area contributed by atoms with Crippen LogP contribution in [0.4, 0.5) is 0 Å². The summed E-state index contributed by atoms with van der Waals surface area (Å²) in [7, 11) is 6.41. The summed E-state index contributed by atoms with van der Waals surface area (Å²) in [5, 5.41) is -0.00350. The number of benzene rings is 1. The molecule has 0 saturated heterocycles. The maximum absolute atomic E-state index is 6.41. The number of hydrogen-bond donors (Lipinski definition) is 0. The smallest absolute Gasteiger partial charge is 0.217 e. The van der Waals surface area contributed by atoms with Crippen LogP contribution in [0.25, 0.3) is 0 Å². The van der Waals surface area contributed by atoms with Crippen molar-refractivity contribution in [3.63, 3.8) is 0 Å². The molecule has 0 amide bonds. The second-order valence-electron chi connectivity index (χ2n) is 7.66. The van der Waals surface area contributed by atoms with Crippen LogP contribution in [0.3, 0.4) is 0 Å². The zero-order valence-corrected chi connectivity index (χ0v) is 15.3. The molecule has 2 unspecified atom stereocenters. The first-order valence-corrected chi connectivity index (χ1v) is 9.55. The Morgan fingerprint density at radius 3 is 2.64 bits per heavy atom. The molecule has 1 fully saturated rings. The van der Waals surface area contributed by atoms with Gasteiger partial charge in [0.25, 0.3) is 0 Å². The Kier molecular flexibility index (Phi) is 6.17. The highest BCUT2D eigenvalue weighted by molar-refractivity contribution is 6.14. The predicted octanol–water partition coefficient (Wildman–Crippen LogP) is 5.84. The van der Waals surface area contributed by atoms with Gasteiger partial charge in [-0.15, -0.1) is 0 Å². The fourth-order valence-electron chi connectivity index (χ4n) is 3.81. The molecule has 0 spiro atoms. The van der Waals surface area contributed by atoms with Gasteiger partial charge in [-0.3, -0.25) is 0 Å². The topological polar surface area (TPSA) is 22.1 Å². The van der Waals surface area contributed by atoms with Gasteiger partial charge in [-0.2, -0.15) is 0 Å². The van der Waals surface area contributed by atoms with E-state index in [9.17, 15) is 0 Å². The minimum Gasteiger partial charge on any atom is -0.473 e. The minimum absolute atomic E-state index is 0.00350. The van der Waals surface area contributed by atoms with Crippen LogP contribution in [0.5, 0.6) is 5.88 Å². The van der Waals surface area contributed by atoms with Crippen molar-refractivity contribution >= 4 is 7.85 Å². The van der Waals surface area contributed by atoms with E-state index >= 15 is 0 Å². The number of aromatic nitrogens is 1. The van der Waals surface area contributed by atoms with E-state index in [2.05, 4.69) is 30.1 Å². The van der Waals surface area contributed by atoms with Crippen LogP contribution in [0.1, 0.15) is 68.9 Å². The summed E-state index contributed by atoms with van der Waals surface area (Å²) < 4.78 is 6.08. The SMILES string of the molecule is [B]C1(C)CCCCC(c2cccnc2OCc2ccccc2)CCC1. The lowest BCUT2D eigenvalue weighted by Gasteiger charge is -2.24. The molecule has 3 heteroatoms. The number of rotatable bonds is 4. The molecular formula is C22H28BNO. The van der Waals surface area contributed by atoms with Gasteiger partial charge in [-0.25, -0.2) is 4.98 Å². The molecule has 130 valence electrons. The zero-order chi connectivity index (χ0) is 17.5. The first kappa shape index (κ1) is 18.0. The molecule has 1 aromatic carbocycles. The minimum atomic E-state index is -0.00350. The number of nitrogens with zero attached hydrogens (tertiary/aromatic N) is 1. The Labute approximate surface area is 153 Å². The van der Waals surface area contributed by atoms with Gasteiger partial charge >= 0.3 is 0 Å². The summed E-state index contributed by atoms with van der Waals surface area (Å²) in [6.07, 6.45) is 10.0. The van der Waals surface area contributed by atoms with Gasteiger partial charge in [-0.1, -0.05) is 80.7 Å². The van der Waals surface area contributed by atoms with Gasteiger partial charge in [0, 0.05) is 11.8 Å². The molecule has 1 heterocycles. The van der Waals surface area contributed by atoms with Crippen LogP contribution >= 0.6 is 0 Å². The van der Waals surface area contributed by atoms with Crippen LogP contribution in [0.2, 0.25) is 5.31 Å². The molecule has 1 saturated carbocycles. The molecule has 25 heavy (non-hydrogen) atoms. The Morgan fingerprint density at radius 1 is 1.04 bits per heavy atom. The zero-order valence-electron chi connectivity index (χ0n) is 15.3. The summed E-state index contributed by atoms with van der Waals surface area (Å²) in [5.74, 6) is 1.32. The molecule has 2 atom stereocenters. The lowest BCUT2D eigenvalue weighted by atomic mass is 9.64. The molecule has 0 N–H and O–H groups in total. The predicted molar refractivity (Wildman–Crippen MR) is 104 cm³/mol. The van der Waals surface area contributed by atoms with Gasteiger partial charge < -0.3 is 4.74 Å². The largest absolute Gasteiger partial charge is 0.473 e. The van der Waals surface area contributed by atoms with Crippen molar-refractivity contribution in [2.75, 3.05) is 0 Å². The van der Waals surface area contributed by atoms with Gasteiger partial charge in [0.1, 0.15) is 6.61 Å². The van der Waals surface area contributed by atoms with Crippen molar-refractivity contribution in [1.82, 2.24) is 4.98 Å². The van der Waals surface area contributed by atoms with Crippen LogP contribution in [-0.4, -0.2) is 12.8 Å². The summed E-state index contributed by atoms with van der Waals surface area (Å²) in [6.45, 7) is 2.77. The quantitative estimate of drug-likeness (QED) is 0.656. The summed E-state index contributed by atoms with van der Waals surface area (Å²) in [4.78, 5) is 4.53. The molecule has 3 rings (SSSR count). The van der Waals surface area contributed by atoms with Crippen LogP contribution in [0.15, 0.2) is 48.7 Å². The lowest BCUT2D eigenvalue weighted by Crippen LogP contribution is -2.07. The molecule has 1 aromatic heterocycles. The van der Waals surface area contributed by atoms with E-state index in [1.807, 2.05) is 30.5 Å². The fraction of sp³-hybridized carbons (Fsp3) is 0.500. The van der Waals surface area contributed by atoms with E-state index in [1.54, 1.807) is 0 Å². The maximum Gasteiger partial charge on any atom is 0.217 e. The summed E-state index contributed by atoms with van der Waals surface area (Å²) >= 11 is 0.